The van der Waals surface area contributed by atoms with E-state index in [1.807, 2.05) is 97.1 Å². The third-order valence-electron chi connectivity index (χ3n) is 5.90. The number of thiol groups is 1. The number of hydrogen-bond acceptors (Lipinski definition) is 6. The number of aliphatic hydroxyl groups excluding tert-OH is 2. The Labute approximate surface area is 312 Å². The highest BCUT2D eigenvalue weighted by Crippen LogP contribution is 2.29. The summed E-state index contributed by atoms with van der Waals surface area (Å²) in [7, 11) is 0. The molecule has 0 radical (unpaired) electrons. The van der Waals surface area contributed by atoms with Crippen molar-refractivity contribution in [3.8, 4) is 0 Å². The second-order valence-electron chi connectivity index (χ2n) is 9.18. The molecule has 0 spiro atoms. The standard InChI is InChI=1S/C17H18Cl2O2S.C15H13BrCl2O.C2H6OS.CH4/c18-15-5-1-13(2-6-15)17(21-10-12-22-11-9-20)14-3-7-16(19)8-4-14;16-9-10-19-15(11-1-5-13(17)6-2-11)12-3-7-14(18)8-4-12;3-1-2-4;/h1-8,17,20H,9-12H2;1-8,15H,9-10H2;3-4H,1-2H2;1H4. The largest absolute Gasteiger partial charge is 0.396 e. The predicted octanol–water partition coefficient (Wildman–Crippen LogP) is 10.9. The number of halogens is 5. The molecule has 0 aliphatic rings. The summed E-state index contributed by atoms with van der Waals surface area (Å²) in [5, 5.41) is 20.2. The van der Waals surface area contributed by atoms with Gasteiger partial charge in [-0.05, 0) is 70.8 Å². The van der Waals surface area contributed by atoms with Gasteiger partial charge in [0.2, 0.25) is 0 Å². The Morgan fingerprint density at radius 1 is 0.565 bits per heavy atom. The zero-order chi connectivity index (χ0) is 32.9. The monoisotopic (exact) mass is 808 g/mol. The number of aliphatic hydroxyl groups is 2. The van der Waals surface area contributed by atoms with Crippen LogP contribution >= 0.6 is 86.7 Å². The lowest BCUT2D eigenvalue weighted by Crippen LogP contribution is -2.09. The number of alkyl halides is 1. The molecule has 0 unspecified atom stereocenters. The van der Waals surface area contributed by atoms with E-state index in [1.54, 1.807) is 11.8 Å². The molecule has 2 N–H and O–H groups in total. The van der Waals surface area contributed by atoms with Crippen LogP contribution in [0.2, 0.25) is 20.1 Å². The first-order chi connectivity index (χ1) is 21.8. The van der Waals surface area contributed by atoms with E-state index in [0.29, 0.717) is 29.0 Å². The molecular weight excluding hydrogens is 770 g/mol. The second kappa shape index (κ2) is 26.0. The third-order valence-corrected chi connectivity index (χ3v) is 8.36. The third kappa shape index (κ3) is 16.9. The number of hydrogen-bond donors (Lipinski definition) is 3. The van der Waals surface area contributed by atoms with Gasteiger partial charge in [-0.3, -0.25) is 0 Å². The van der Waals surface area contributed by atoms with Crippen molar-refractivity contribution in [2.75, 3.05) is 49.0 Å². The molecule has 11 heteroatoms. The van der Waals surface area contributed by atoms with Gasteiger partial charge in [0, 0.05) is 42.7 Å². The minimum Gasteiger partial charge on any atom is -0.396 e. The van der Waals surface area contributed by atoms with Crippen molar-refractivity contribution < 1.29 is 19.7 Å². The average Bonchev–Trinajstić information content (AvgIpc) is 3.06. The van der Waals surface area contributed by atoms with Crippen molar-refractivity contribution in [2.45, 2.75) is 19.6 Å². The fourth-order valence-electron chi connectivity index (χ4n) is 3.87. The molecule has 0 aliphatic heterocycles. The molecule has 46 heavy (non-hydrogen) atoms. The predicted molar refractivity (Wildman–Crippen MR) is 207 cm³/mol. The fourth-order valence-corrected chi connectivity index (χ4v) is 5.11. The minimum atomic E-state index is -0.149. The minimum absolute atomic E-state index is 0. The van der Waals surface area contributed by atoms with Gasteiger partial charge in [0.1, 0.15) is 12.2 Å². The Morgan fingerprint density at radius 3 is 1.13 bits per heavy atom. The van der Waals surface area contributed by atoms with Gasteiger partial charge < -0.3 is 19.7 Å². The first-order valence-corrected chi connectivity index (χ1v) is 18.5. The first kappa shape index (κ1) is 43.1. The van der Waals surface area contributed by atoms with Crippen molar-refractivity contribution in [2.24, 2.45) is 0 Å². The summed E-state index contributed by atoms with van der Waals surface area (Å²) in [6, 6.07) is 30.8. The zero-order valence-electron chi connectivity index (χ0n) is 24.5. The lowest BCUT2D eigenvalue weighted by atomic mass is 10.0. The van der Waals surface area contributed by atoms with Crippen molar-refractivity contribution in [3.63, 3.8) is 0 Å². The summed E-state index contributed by atoms with van der Waals surface area (Å²) in [6.07, 6.45) is -0.253. The normalized spacial score (nSPS) is 10.5. The molecule has 4 aromatic rings. The van der Waals surface area contributed by atoms with Gasteiger partial charge in [-0.25, -0.2) is 0 Å². The Bertz CT molecular complexity index is 1220. The van der Waals surface area contributed by atoms with Crippen molar-refractivity contribution in [3.05, 3.63) is 139 Å². The molecule has 0 atom stereocenters. The molecule has 0 saturated heterocycles. The summed E-state index contributed by atoms with van der Waals surface area (Å²) >= 11 is 32.5. The molecule has 4 aromatic carbocycles. The van der Waals surface area contributed by atoms with Gasteiger partial charge in [0.15, 0.2) is 0 Å². The van der Waals surface area contributed by atoms with Gasteiger partial charge in [-0.1, -0.05) is 118 Å². The first-order valence-electron chi connectivity index (χ1n) is 14.0. The van der Waals surface area contributed by atoms with Crippen LogP contribution in [0.1, 0.15) is 41.9 Å². The van der Waals surface area contributed by atoms with Gasteiger partial charge in [0.05, 0.1) is 26.4 Å². The molecule has 4 rings (SSSR count). The van der Waals surface area contributed by atoms with Crippen LogP contribution in [-0.2, 0) is 9.47 Å². The van der Waals surface area contributed by atoms with Crippen LogP contribution in [0, 0.1) is 0 Å². The summed E-state index contributed by atoms with van der Waals surface area (Å²) in [6.45, 7) is 1.63. The number of ether oxygens (including phenoxy) is 2. The van der Waals surface area contributed by atoms with E-state index in [-0.39, 0.29) is 32.8 Å². The highest BCUT2D eigenvalue weighted by molar-refractivity contribution is 9.09. The number of thioether (sulfide) groups is 1. The van der Waals surface area contributed by atoms with E-state index < -0.39 is 0 Å². The molecule has 0 aliphatic carbocycles. The summed E-state index contributed by atoms with van der Waals surface area (Å²) in [5.74, 6) is 2.15. The zero-order valence-corrected chi connectivity index (χ0v) is 30.8. The maximum absolute atomic E-state index is 8.80. The Balaban J connectivity index is 0.000000407. The number of rotatable bonds is 14. The van der Waals surface area contributed by atoms with E-state index in [1.165, 1.54) is 0 Å². The average molecular weight is 812 g/mol. The van der Waals surface area contributed by atoms with Crippen molar-refractivity contribution in [1.82, 2.24) is 0 Å². The fraction of sp³-hybridized carbons (Fsp3) is 0.314. The van der Waals surface area contributed by atoms with Crippen LogP contribution in [0.25, 0.3) is 0 Å². The smallest absolute Gasteiger partial charge is 0.108 e. The summed E-state index contributed by atoms with van der Waals surface area (Å²) in [4.78, 5) is 0. The van der Waals surface area contributed by atoms with E-state index in [9.17, 15) is 0 Å². The lowest BCUT2D eigenvalue weighted by Gasteiger charge is -2.19. The topological polar surface area (TPSA) is 58.9 Å². The van der Waals surface area contributed by atoms with Crippen LogP contribution in [0.5, 0.6) is 0 Å². The van der Waals surface area contributed by atoms with E-state index >= 15 is 0 Å². The maximum Gasteiger partial charge on any atom is 0.108 e. The van der Waals surface area contributed by atoms with Gasteiger partial charge in [-0.15, -0.1) is 0 Å². The van der Waals surface area contributed by atoms with Gasteiger partial charge in [-0.2, -0.15) is 24.4 Å². The Morgan fingerprint density at radius 2 is 0.870 bits per heavy atom. The van der Waals surface area contributed by atoms with E-state index in [0.717, 1.165) is 49.1 Å². The Hall–Kier alpha value is -0.940. The van der Waals surface area contributed by atoms with Crippen LogP contribution in [-0.4, -0.2) is 59.2 Å². The molecule has 0 amide bonds. The Kier molecular flexibility index (Phi) is 24.3. The molecule has 0 heterocycles. The molecule has 252 valence electrons. The quantitative estimate of drug-likeness (QED) is 0.0673. The molecule has 0 bridgehead atoms. The van der Waals surface area contributed by atoms with Crippen molar-refractivity contribution >= 4 is 86.7 Å². The summed E-state index contributed by atoms with van der Waals surface area (Å²) < 4.78 is 12.0. The lowest BCUT2D eigenvalue weighted by molar-refractivity contribution is 0.0935. The van der Waals surface area contributed by atoms with Crippen LogP contribution in [0.3, 0.4) is 0 Å². The van der Waals surface area contributed by atoms with E-state index in [2.05, 4.69) is 28.6 Å². The van der Waals surface area contributed by atoms with E-state index in [4.69, 9.17) is 66.1 Å². The van der Waals surface area contributed by atoms with Gasteiger partial charge in [0.25, 0.3) is 0 Å². The summed E-state index contributed by atoms with van der Waals surface area (Å²) in [5.41, 5.74) is 4.26. The number of benzene rings is 4. The van der Waals surface area contributed by atoms with Gasteiger partial charge >= 0.3 is 0 Å². The van der Waals surface area contributed by atoms with Crippen LogP contribution in [0.15, 0.2) is 97.1 Å². The maximum atomic E-state index is 8.80. The molecule has 0 saturated carbocycles. The highest BCUT2D eigenvalue weighted by Gasteiger charge is 2.16. The van der Waals surface area contributed by atoms with Crippen LogP contribution < -0.4 is 0 Å². The molecule has 0 fully saturated rings. The SMILES string of the molecule is C.Clc1ccc(C(OCCBr)c2ccc(Cl)cc2)cc1.OCCS.OCCSCCOC(c1ccc(Cl)cc1)c1ccc(Cl)cc1. The second-order valence-corrected chi connectivity index (χ2v) is 13.4. The molecule has 4 nitrogen and oxygen atoms in total. The highest BCUT2D eigenvalue weighted by atomic mass is 79.9. The van der Waals surface area contributed by atoms with Crippen LogP contribution in [0.4, 0.5) is 0 Å². The van der Waals surface area contributed by atoms with Crippen molar-refractivity contribution in [1.29, 1.82) is 0 Å². The molecule has 0 aromatic heterocycles. The molecular formula is C35H41BrCl4O4S2.